The molecule has 2 atom stereocenters. The quantitative estimate of drug-likeness (QED) is 0.916. The van der Waals surface area contributed by atoms with Crippen molar-refractivity contribution in [2.75, 3.05) is 13.7 Å². The van der Waals surface area contributed by atoms with Gasteiger partial charge >= 0.3 is 6.09 Å². The fourth-order valence-corrected chi connectivity index (χ4v) is 2.88. The zero-order valence-electron chi connectivity index (χ0n) is 15.3. The largest absolute Gasteiger partial charge is 0.481 e. The van der Waals surface area contributed by atoms with E-state index in [1.807, 2.05) is 44.0 Å². The number of piperidine rings is 1. The summed E-state index contributed by atoms with van der Waals surface area (Å²) in [7, 11) is 1.61. The maximum Gasteiger partial charge on any atom is 0.410 e. The molecule has 0 aliphatic carbocycles. The van der Waals surface area contributed by atoms with Gasteiger partial charge in [-0.1, -0.05) is 6.07 Å². The average molecular weight is 335 g/mol. The molecule has 1 aliphatic heterocycles. The number of carbonyl (C=O) groups excluding carboxylic acids is 1. The van der Waals surface area contributed by atoms with Crippen molar-refractivity contribution in [2.24, 2.45) is 0 Å². The molecule has 6 nitrogen and oxygen atoms in total. The van der Waals surface area contributed by atoms with Gasteiger partial charge in [-0.05, 0) is 46.1 Å². The van der Waals surface area contributed by atoms with Crippen LogP contribution in [0.5, 0.6) is 5.88 Å². The number of nitrogens with one attached hydrogen (secondary N) is 1. The monoisotopic (exact) mass is 335 g/mol. The lowest BCUT2D eigenvalue weighted by atomic mass is 9.97. The Bertz CT molecular complexity index is 539. The molecule has 1 aromatic rings. The minimum absolute atomic E-state index is 0.0970. The fraction of sp³-hybridized carbons (Fsp3) is 0.667. The topological polar surface area (TPSA) is 63.7 Å². The van der Waals surface area contributed by atoms with Gasteiger partial charge in [0.15, 0.2) is 0 Å². The van der Waals surface area contributed by atoms with Gasteiger partial charge in [-0.25, -0.2) is 9.78 Å². The van der Waals surface area contributed by atoms with E-state index in [2.05, 4.69) is 17.2 Å². The first-order chi connectivity index (χ1) is 11.3. The second-order valence-corrected chi connectivity index (χ2v) is 7.25. The number of likely N-dealkylation sites (tertiary alicyclic amines) is 1. The standard InChI is InChI=1S/C18H29N3O3/c1-13-15(19-11-14-8-9-16(23-5)20-12-14)7-6-10-21(13)17(22)24-18(2,3)4/h8-9,12-13,15,19H,6-7,10-11H2,1-5H3. The molecule has 1 saturated heterocycles. The maximum absolute atomic E-state index is 12.4. The summed E-state index contributed by atoms with van der Waals surface area (Å²) >= 11 is 0. The van der Waals surface area contributed by atoms with Crippen LogP contribution in [-0.2, 0) is 11.3 Å². The number of rotatable bonds is 4. The van der Waals surface area contributed by atoms with E-state index in [4.69, 9.17) is 9.47 Å². The molecule has 6 heteroatoms. The first kappa shape index (κ1) is 18.5. The van der Waals surface area contributed by atoms with Crippen LogP contribution in [-0.4, -0.2) is 47.3 Å². The van der Waals surface area contributed by atoms with Crippen LogP contribution < -0.4 is 10.1 Å². The van der Waals surface area contributed by atoms with Gasteiger partial charge in [0.25, 0.3) is 0 Å². The molecular weight excluding hydrogens is 306 g/mol. The highest BCUT2D eigenvalue weighted by atomic mass is 16.6. The number of nitrogens with zero attached hydrogens (tertiary/aromatic N) is 2. The zero-order valence-corrected chi connectivity index (χ0v) is 15.3. The summed E-state index contributed by atoms with van der Waals surface area (Å²) in [5, 5.41) is 3.54. The maximum atomic E-state index is 12.4. The van der Waals surface area contributed by atoms with Crippen molar-refractivity contribution in [2.45, 2.75) is 64.8 Å². The Morgan fingerprint density at radius 1 is 1.42 bits per heavy atom. The van der Waals surface area contributed by atoms with Crippen LogP contribution in [0.4, 0.5) is 4.79 Å². The molecule has 1 aliphatic rings. The van der Waals surface area contributed by atoms with Gasteiger partial charge in [0.05, 0.1) is 7.11 Å². The van der Waals surface area contributed by atoms with Crippen LogP contribution in [0, 0.1) is 0 Å². The minimum Gasteiger partial charge on any atom is -0.481 e. The summed E-state index contributed by atoms with van der Waals surface area (Å²) in [6.45, 7) is 9.23. The normalized spacial score (nSPS) is 21.5. The van der Waals surface area contributed by atoms with E-state index in [9.17, 15) is 4.79 Å². The summed E-state index contributed by atoms with van der Waals surface area (Å²) < 4.78 is 10.6. The number of aromatic nitrogens is 1. The van der Waals surface area contributed by atoms with E-state index < -0.39 is 5.60 Å². The lowest BCUT2D eigenvalue weighted by molar-refractivity contribution is 0.00698. The van der Waals surface area contributed by atoms with Crippen LogP contribution in [0.1, 0.15) is 46.1 Å². The van der Waals surface area contributed by atoms with E-state index in [-0.39, 0.29) is 18.2 Å². The second kappa shape index (κ2) is 7.83. The van der Waals surface area contributed by atoms with Gasteiger partial charge in [0.2, 0.25) is 5.88 Å². The van der Waals surface area contributed by atoms with Gasteiger partial charge in [0, 0.05) is 37.4 Å². The number of ether oxygens (including phenoxy) is 2. The molecule has 24 heavy (non-hydrogen) atoms. The molecule has 1 aromatic heterocycles. The van der Waals surface area contributed by atoms with Gasteiger partial charge in [-0.2, -0.15) is 0 Å². The highest BCUT2D eigenvalue weighted by Gasteiger charge is 2.33. The first-order valence-corrected chi connectivity index (χ1v) is 8.52. The highest BCUT2D eigenvalue weighted by molar-refractivity contribution is 5.68. The van der Waals surface area contributed by atoms with E-state index in [0.717, 1.165) is 24.9 Å². The van der Waals surface area contributed by atoms with Crippen LogP contribution in [0.25, 0.3) is 0 Å². The molecule has 1 fully saturated rings. The predicted molar refractivity (Wildman–Crippen MR) is 93.1 cm³/mol. The minimum atomic E-state index is -0.466. The molecule has 0 spiro atoms. The summed E-state index contributed by atoms with van der Waals surface area (Å²) in [6, 6.07) is 4.19. The molecule has 0 aromatic carbocycles. The summed E-state index contributed by atoms with van der Waals surface area (Å²) in [5.41, 5.74) is 0.628. The average Bonchev–Trinajstić information content (AvgIpc) is 2.52. The zero-order chi connectivity index (χ0) is 17.7. The van der Waals surface area contributed by atoms with Gasteiger partial charge in [0.1, 0.15) is 5.60 Å². The third kappa shape index (κ3) is 5.09. The van der Waals surface area contributed by atoms with Crippen LogP contribution in [0.2, 0.25) is 0 Å². The summed E-state index contributed by atoms with van der Waals surface area (Å²) in [4.78, 5) is 18.4. The van der Waals surface area contributed by atoms with Crippen molar-refractivity contribution in [1.82, 2.24) is 15.2 Å². The molecule has 2 heterocycles. The lowest BCUT2D eigenvalue weighted by Crippen LogP contribution is -2.55. The molecule has 1 N–H and O–H groups in total. The van der Waals surface area contributed by atoms with Crippen molar-refractivity contribution in [3.63, 3.8) is 0 Å². The Kier molecular flexibility index (Phi) is 6.04. The van der Waals surface area contributed by atoms with E-state index in [1.165, 1.54) is 0 Å². The first-order valence-electron chi connectivity index (χ1n) is 8.52. The third-order valence-corrected chi connectivity index (χ3v) is 4.19. The highest BCUT2D eigenvalue weighted by Crippen LogP contribution is 2.21. The SMILES string of the molecule is COc1ccc(CNC2CCCN(C(=O)OC(C)(C)C)C2C)cn1. The number of hydrogen-bond donors (Lipinski definition) is 1. The third-order valence-electron chi connectivity index (χ3n) is 4.19. The summed E-state index contributed by atoms with van der Waals surface area (Å²) in [5.74, 6) is 0.612. The Labute approximate surface area is 144 Å². The lowest BCUT2D eigenvalue weighted by Gasteiger charge is -2.40. The smallest absolute Gasteiger partial charge is 0.410 e. The van der Waals surface area contributed by atoms with Gasteiger partial charge in [-0.3, -0.25) is 0 Å². The van der Waals surface area contributed by atoms with Crippen LogP contribution in [0.15, 0.2) is 18.3 Å². The van der Waals surface area contributed by atoms with Crippen LogP contribution >= 0.6 is 0 Å². The molecular formula is C18H29N3O3. The predicted octanol–water partition coefficient (Wildman–Crippen LogP) is 2.97. The van der Waals surface area contributed by atoms with E-state index in [0.29, 0.717) is 12.4 Å². The van der Waals surface area contributed by atoms with E-state index in [1.54, 1.807) is 7.11 Å². The fourth-order valence-electron chi connectivity index (χ4n) is 2.88. The number of hydrogen-bond acceptors (Lipinski definition) is 5. The molecule has 2 unspecified atom stereocenters. The molecule has 1 amide bonds. The molecule has 134 valence electrons. The van der Waals surface area contributed by atoms with E-state index >= 15 is 0 Å². The number of carbonyl (C=O) groups is 1. The van der Waals surface area contributed by atoms with Crippen molar-refractivity contribution in [3.8, 4) is 5.88 Å². The molecule has 0 bridgehead atoms. The van der Waals surface area contributed by atoms with Crippen molar-refractivity contribution in [1.29, 1.82) is 0 Å². The Morgan fingerprint density at radius 3 is 2.75 bits per heavy atom. The number of methoxy groups -OCH3 is 1. The number of amides is 1. The number of pyridine rings is 1. The Balaban J connectivity index is 1.91. The van der Waals surface area contributed by atoms with Crippen molar-refractivity contribution in [3.05, 3.63) is 23.9 Å². The molecule has 0 radical (unpaired) electrons. The molecule has 2 rings (SSSR count). The molecule has 0 saturated carbocycles. The van der Waals surface area contributed by atoms with Gasteiger partial charge in [-0.15, -0.1) is 0 Å². The summed E-state index contributed by atoms with van der Waals surface area (Å²) in [6.07, 6.45) is 3.60. The van der Waals surface area contributed by atoms with Gasteiger partial charge < -0.3 is 19.7 Å². The van der Waals surface area contributed by atoms with Crippen molar-refractivity contribution < 1.29 is 14.3 Å². The van der Waals surface area contributed by atoms with Crippen molar-refractivity contribution >= 4 is 6.09 Å². The second-order valence-electron chi connectivity index (χ2n) is 7.25. The van der Waals surface area contributed by atoms with Crippen LogP contribution in [0.3, 0.4) is 0 Å². The Hall–Kier alpha value is -1.82. The Morgan fingerprint density at radius 2 is 2.17 bits per heavy atom.